The van der Waals surface area contributed by atoms with Crippen LogP contribution in [0.1, 0.15) is 37.1 Å². The molecule has 3 rings (SSSR count). The Morgan fingerprint density at radius 1 is 1.42 bits per heavy atom. The molecule has 1 aromatic heterocycles. The summed E-state index contributed by atoms with van der Waals surface area (Å²) >= 11 is 1.28. The molecular formula is C15H23N5O3S. The van der Waals surface area contributed by atoms with Gasteiger partial charge in [0.1, 0.15) is 11.6 Å². The van der Waals surface area contributed by atoms with Crippen molar-refractivity contribution in [1.82, 2.24) is 20.4 Å². The Bertz CT molecular complexity index is 587. The van der Waals surface area contributed by atoms with Gasteiger partial charge in [-0.05, 0) is 12.8 Å². The summed E-state index contributed by atoms with van der Waals surface area (Å²) in [6.45, 7) is 1.84. The molecule has 1 aromatic rings. The number of hydrogen-bond acceptors (Lipinski definition) is 7. The summed E-state index contributed by atoms with van der Waals surface area (Å²) in [5.74, 6) is -0.263. The quantitative estimate of drug-likeness (QED) is 0.784. The van der Waals surface area contributed by atoms with Crippen LogP contribution in [-0.2, 0) is 20.9 Å². The average Bonchev–Trinajstić information content (AvgIpc) is 3.22. The summed E-state index contributed by atoms with van der Waals surface area (Å²) in [5.41, 5.74) is 0. The van der Waals surface area contributed by atoms with Crippen molar-refractivity contribution in [3.63, 3.8) is 0 Å². The van der Waals surface area contributed by atoms with Gasteiger partial charge >= 0.3 is 0 Å². The number of anilines is 1. The van der Waals surface area contributed by atoms with Crippen molar-refractivity contribution >= 4 is 28.3 Å². The summed E-state index contributed by atoms with van der Waals surface area (Å²) < 4.78 is 4.99. The summed E-state index contributed by atoms with van der Waals surface area (Å²) in [6, 6.07) is 0.0249. The molecule has 2 N–H and O–H groups in total. The number of methoxy groups -OCH3 is 1. The first-order valence-electron chi connectivity index (χ1n) is 8.32. The van der Waals surface area contributed by atoms with Crippen LogP contribution in [-0.4, -0.2) is 59.2 Å². The lowest BCUT2D eigenvalue weighted by Crippen LogP contribution is -2.58. The van der Waals surface area contributed by atoms with Gasteiger partial charge in [-0.2, -0.15) is 0 Å². The number of nitrogens with zero attached hydrogens (tertiary/aromatic N) is 3. The van der Waals surface area contributed by atoms with Gasteiger partial charge in [-0.1, -0.05) is 24.2 Å². The van der Waals surface area contributed by atoms with Crippen molar-refractivity contribution in [1.29, 1.82) is 0 Å². The monoisotopic (exact) mass is 353 g/mol. The molecule has 1 aliphatic heterocycles. The van der Waals surface area contributed by atoms with Crippen LogP contribution in [0.3, 0.4) is 0 Å². The first-order valence-corrected chi connectivity index (χ1v) is 9.13. The van der Waals surface area contributed by atoms with Crippen molar-refractivity contribution in [2.75, 3.05) is 25.5 Å². The first kappa shape index (κ1) is 17.2. The second-order valence-electron chi connectivity index (χ2n) is 6.17. The normalized spacial score (nSPS) is 22.5. The third kappa shape index (κ3) is 4.08. The molecule has 9 heteroatoms. The number of nitrogens with one attached hydrogen (secondary N) is 2. The molecular weight excluding hydrogens is 330 g/mol. The standard InChI is InChI=1S/C15H23N5O3S/c1-23-9-13-18-19-15(24-13)17-12(21)8-11-14(22)16-6-7-20(11)10-4-2-3-5-10/h10-11H,2-9H2,1H3,(H,16,22)(H,17,19,21). The van der Waals surface area contributed by atoms with E-state index >= 15 is 0 Å². The number of amides is 2. The van der Waals surface area contributed by atoms with E-state index < -0.39 is 6.04 Å². The molecule has 0 aromatic carbocycles. The van der Waals surface area contributed by atoms with Crippen molar-refractivity contribution in [3.8, 4) is 0 Å². The van der Waals surface area contributed by atoms with E-state index in [9.17, 15) is 9.59 Å². The summed E-state index contributed by atoms with van der Waals surface area (Å²) in [6.07, 6.45) is 4.77. The molecule has 1 saturated carbocycles. The predicted octanol–water partition coefficient (Wildman–Crippen LogP) is 0.756. The van der Waals surface area contributed by atoms with E-state index in [1.54, 1.807) is 7.11 Å². The molecule has 1 saturated heterocycles. The smallest absolute Gasteiger partial charge is 0.237 e. The lowest BCUT2D eigenvalue weighted by Gasteiger charge is -2.38. The third-order valence-electron chi connectivity index (χ3n) is 4.53. The minimum atomic E-state index is -0.395. The first-order chi connectivity index (χ1) is 11.7. The number of carbonyl (C=O) groups is 2. The van der Waals surface area contributed by atoms with Crippen LogP contribution in [0.5, 0.6) is 0 Å². The maximum Gasteiger partial charge on any atom is 0.237 e. The van der Waals surface area contributed by atoms with E-state index in [4.69, 9.17) is 4.74 Å². The fraction of sp³-hybridized carbons (Fsp3) is 0.733. The Kier molecular flexibility index (Phi) is 5.75. The fourth-order valence-corrected chi connectivity index (χ4v) is 4.18. The Balaban J connectivity index is 1.60. The molecule has 2 heterocycles. The van der Waals surface area contributed by atoms with Crippen molar-refractivity contribution in [2.45, 2.75) is 50.8 Å². The van der Waals surface area contributed by atoms with E-state index in [0.717, 1.165) is 19.4 Å². The van der Waals surface area contributed by atoms with Crippen molar-refractivity contribution in [2.24, 2.45) is 0 Å². The predicted molar refractivity (Wildman–Crippen MR) is 89.6 cm³/mol. The van der Waals surface area contributed by atoms with Gasteiger partial charge in [0.2, 0.25) is 16.9 Å². The maximum atomic E-state index is 12.3. The number of hydrogen-bond donors (Lipinski definition) is 2. The fourth-order valence-electron chi connectivity index (χ4n) is 3.45. The minimum Gasteiger partial charge on any atom is -0.377 e. The molecule has 2 aliphatic rings. The number of ether oxygens (including phenoxy) is 1. The number of carbonyl (C=O) groups excluding carboxylic acids is 2. The SMILES string of the molecule is COCc1nnc(NC(=O)CC2C(=O)NCCN2C2CCCC2)s1. The number of piperazine rings is 1. The van der Waals surface area contributed by atoms with E-state index in [2.05, 4.69) is 25.7 Å². The van der Waals surface area contributed by atoms with E-state index in [1.165, 1.54) is 24.2 Å². The Labute approximate surface area is 145 Å². The minimum absolute atomic E-state index is 0.0550. The lowest BCUT2D eigenvalue weighted by atomic mass is 10.0. The van der Waals surface area contributed by atoms with Gasteiger partial charge in [0.05, 0.1) is 12.5 Å². The van der Waals surface area contributed by atoms with Crippen molar-refractivity contribution < 1.29 is 14.3 Å². The number of rotatable bonds is 6. The van der Waals surface area contributed by atoms with E-state index in [0.29, 0.717) is 29.3 Å². The van der Waals surface area contributed by atoms with Crippen LogP contribution in [0, 0.1) is 0 Å². The highest BCUT2D eigenvalue weighted by Crippen LogP contribution is 2.27. The second kappa shape index (κ2) is 8.00. The van der Waals surface area contributed by atoms with Crippen LogP contribution in [0.15, 0.2) is 0 Å². The van der Waals surface area contributed by atoms with Crippen molar-refractivity contribution in [3.05, 3.63) is 5.01 Å². The Morgan fingerprint density at radius 2 is 2.21 bits per heavy atom. The topological polar surface area (TPSA) is 96.5 Å². The molecule has 1 atom stereocenters. The van der Waals surface area contributed by atoms with Crippen LogP contribution < -0.4 is 10.6 Å². The zero-order valence-electron chi connectivity index (χ0n) is 13.8. The van der Waals surface area contributed by atoms with Gasteiger partial charge < -0.3 is 15.4 Å². The zero-order chi connectivity index (χ0) is 16.9. The van der Waals surface area contributed by atoms with Crippen LogP contribution in [0.2, 0.25) is 0 Å². The lowest BCUT2D eigenvalue weighted by molar-refractivity contribution is -0.133. The molecule has 24 heavy (non-hydrogen) atoms. The molecule has 0 bridgehead atoms. The van der Waals surface area contributed by atoms with Gasteiger partial charge in [0.25, 0.3) is 0 Å². The average molecular weight is 353 g/mol. The van der Waals surface area contributed by atoms with Gasteiger partial charge in [0.15, 0.2) is 0 Å². The molecule has 1 unspecified atom stereocenters. The highest BCUT2D eigenvalue weighted by Gasteiger charge is 2.36. The largest absolute Gasteiger partial charge is 0.377 e. The molecule has 8 nitrogen and oxygen atoms in total. The van der Waals surface area contributed by atoms with Gasteiger partial charge in [-0.25, -0.2) is 0 Å². The zero-order valence-corrected chi connectivity index (χ0v) is 14.6. The summed E-state index contributed by atoms with van der Waals surface area (Å²) in [5, 5.41) is 14.6. The summed E-state index contributed by atoms with van der Waals surface area (Å²) in [4.78, 5) is 26.8. The van der Waals surface area contributed by atoms with Crippen LogP contribution >= 0.6 is 11.3 Å². The third-order valence-corrected chi connectivity index (χ3v) is 5.34. The summed E-state index contributed by atoms with van der Waals surface area (Å²) in [7, 11) is 1.58. The Morgan fingerprint density at radius 3 is 2.96 bits per heavy atom. The van der Waals surface area contributed by atoms with E-state index in [1.807, 2.05) is 0 Å². The molecule has 0 radical (unpaired) electrons. The number of aromatic nitrogens is 2. The van der Waals surface area contributed by atoms with E-state index in [-0.39, 0.29) is 18.2 Å². The molecule has 132 valence electrons. The molecule has 2 fully saturated rings. The highest BCUT2D eigenvalue weighted by molar-refractivity contribution is 7.15. The van der Waals surface area contributed by atoms with Crippen LogP contribution in [0.25, 0.3) is 0 Å². The molecule has 0 spiro atoms. The van der Waals surface area contributed by atoms with Crippen LogP contribution in [0.4, 0.5) is 5.13 Å². The van der Waals surface area contributed by atoms with Gasteiger partial charge in [-0.3, -0.25) is 14.5 Å². The molecule has 1 aliphatic carbocycles. The second-order valence-corrected chi connectivity index (χ2v) is 7.23. The van der Waals surface area contributed by atoms with Gasteiger partial charge in [-0.15, -0.1) is 10.2 Å². The maximum absolute atomic E-state index is 12.3. The van der Waals surface area contributed by atoms with Gasteiger partial charge in [0, 0.05) is 26.2 Å². The molecule has 2 amide bonds. The Hall–Kier alpha value is -1.58. The highest BCUT2D eigenvalue weighted by atomic mass is 32.1.